The molecule has 1 aliphatic carbocycles. The summed E-state index contributed by atoms with van der Waals surface area (Å²) in [6, 6.07) is 8.48. The van der Waals surface area contributed by atoms with E-state index in [1.807, 2.05) is 22.9 Å². The number of hydrogen-bond donors (Lipinski definition) is 2. The van der Waals surface area contributed by atoms with Crippen LogP contribution in [0.2, 0.25) is 0 Å². The minimum Gasteiger partial charge on any atom is -0.349 e. The van der Waals surface area contributed by atoms with Crippen molar-refractivity contribution in [3.05, 3.63) is 47.3 Å². The summed E-state index contributed by atoms with van der Waals surface area (Å²) in [4.78, 5) is 12.9. The summed E-state index contributed by atoms with van der Waals surface area (Å²) in [5.41, 5.74) is 4.23. The van der Waals surface area contributed by atoms with Crippen LogP contribution in [-0.4, -0.2) is 34.8 Å². The molecule has 2 aromatic rings. The van der Waals surface area contributed by atoms with Crippen molar-refractivity contribution in [1.82, 2.24) is 20.4 Å². The predicted octanol–water partition coefficient (Wildman–Crippen LogP) is 2.62. The Morgan fingerprint density at radius 2 is 2.12 bits per heavy atom. The molecule has 2 heterocycles. The van der Waals surface area contributed by atoms with Gasteiger partial charge in [-0.2, -0.15) is 5.10 Å². The number of nitrogens with one attached hydrogen (secondary N) is 2. The Kier molecular flexibility index (Phi) is 4.12. The van der Waals surface area contributed by atoms with Gasteiger partial charge in [-0.3, -0.25) is 4.79 Å². The molecule has 5 nitrogen and oxygen atoms in total. The number of carbonyl (C=O) groups is 1. The van der Waals surface area contributed by atoms with E-state index in [4.69, 9.17) is 0 Å². The monoisotopic (exact) mass is 338 g/mol. The lowest BCUT2D eigenvalue weighted by atomic mass is 9.94. The van der Waals surface area contributed by atoms with E-state index in [0.29, 0.717) is 17.0 Å². The van der Waals surface area contributed by atoms with Crippen molar-refractivity contribution < 1.29 is 4.79 Å². The lowest BCUT2D eigenvalue weighted by molar-refractivity contribution is 0.0941. The van der Waals surface area contributed by atoms with Gasteiger partial charge in [0.1, 0.15) is 0 Å². The third kappa shape index (κ3) is 2.86. The van der Waals surface area contributed by atoms with E-state index in [9.17, 15) is 4.79 Å². The highest BCUT2D eigenvalue weighted by Gasteiger charge is 2.54. The van der Waals surface area contributed by atoms with Gasteiger partial charge in [-0.1, -0.05) is 25.1 Å². The second-order valence-corrected chi connectivity index (χ2v) is 7.40. The highest BCUT2D eigenvalue weighted by molar-refractivity contribution is 5.95. The van der Waals surface area contributed by atoms with Crippen LogP contribution in [0, 0.1) is 12.3 Å². The Balaban J connectivity index is 1.55. The summed E-state index contributed by atoms with van der Waals surface area (Å²) >= 11 is 0. The van der Waals surface area contributed by atoms with Crippen LogP contribution in [0.3, 0.4) is 0 Å². The van der Waals surface area contributed by atoms with Gasteiger partial charge in [0.05, 0.1) is 23.1 Å². The average molecular weight is 338 g/mol. The second kappa shape index (κ2) is 6.30. The van der Waals surface area contributed by atoms with Crippen molar-refractivity contribution in [2.24, 2.45) is 5.41 Å². The second-order valence-electron chi connectivity index (χ2n) is 7.40. The zero-order valence-electron chi connectivity index (χ0n) is 15.0. The lowest BCUT2D eigenvalue weighted by Crippen LogP contribution is -2.36. The Morgan fingerprint density at radius 3 is 2.84 bits per heavy atom. The molecular weight excluding hydrogens is 312 g/mol. The van der Waals surface area contributed by atoms with Gasteiger partial charge in [-0.25, -0.2) is 4.68 Å². The SMILES string of the molecule is CCc1c(C(=O)NC2CC23CCNCC3)cnn1-c1ccccc1C. The third-order valence-electron chi connectivity index (χ3n) is 5.89. The third-order valence-corrected chi connectivity index (χ3v) is 5.89. The molecule has 1 aromatic carbocycles. The Bertz CT molecular complexity index is 789. The van der Waals surface area contributed by atoms with E-state index in [0.717, 1.165) is 42.9 Å². The zero-order valence-corrected chi connectivity index (χ0v) is 15.0. The first kappa shape index (κ1) is 16.3. The van der Waals surface area contributed by atoms with Crippen LogP contribution in [0.4, 0.5) is 0 Å². The fourth-order valence-corrected chi connectivity index (χ4v) is 4.18. The Hall–Kier alpha value is -2.14. The lowest BCUT2D eigenvalue weighted by Gasteiger charge is -2.23. The molecule has 4 rings (SSSR count). The summed E-state index contributed by atoms with van der Waals surface area (Å²) in [5, 5.41) is 11.2. The minimum absolute atomic E-state index is 0.0251. The van der Waals surface area contributed by atoms with Crippen molar-refractivity contribution in [1.29, 1.82) is 0 Å². The molecule has 5 heteroatoms. The molecule has 25 heavy (non-hydrogen) atoms. The van der Waals surface area contributed by atoms with Gasteiger partial charge < -0.3 is 10.6 Å². The molecule has 1 aliphatic heterocycles. The van der Waals surface area contributed by atoms with E-state index in [2.05, 4.69) is 35.6 Å². The first-order valence-corrected chi connectivity index (χ1v) is 9.29. The maximum absolute atomic E-state index is 12.9. The molecule has 2 fully saturated rings. The quantitative estimate of drug-likeness (QED) is 0.901. The molecule has 132 valence electrons. The number of para-hydroxylation sites is 1. The molecule has 1 spiro atoms. The van der Waals surface area contributed by atoms with E-state index >= 15 is 0 Å². The van der Waals surface area contributed by atoms with Gasteiger partial charge >= 0.3 is 0 Å². The maximum Gasteiger partial charge on any atom is 0.255 e. The van der Waals surface area contributed by atoms with Crippen LogP contribution in [0.5, 0.6) is 0 Å². The summed E-state index contributed by atoms with van der Waals surface area (Å²) in [6.07, 6.45) is 5.95. The maximum atomic E-state index is 12.9. The number of nitrogens with zero attached hydrogens (tertiary/aromatic N) is 2. The standard InChI is InChI=1S/C20H26N4O/c1-3-16-15(13-22-24(16)17-7-5-4-6-14(17)2)19(25)23-18-12-20(18)8-10-21-11-9-20/h4-7,13,18,21H,3,8-12H2,1-2H3,(H,23,25). The number of aromatic nitrogens is 2. The van der Waals surface area contributed by atoms with Crippen LogP contribution >= 0.6 is 0 Å². The number of amides is 1. The molecule has 2 aliphatic rings. The van der Waals surface area contributed by atoms with Crippen molar-refractivity contribution >= 4 is 5.91 Å². The topological polar surface area (TPSA) is 59.0 Å². The van der Waals surface area contributed by atoms with Gasteiger partial charge in [0.15, 0.2) is 0 Å². The zero-order chi connectivity index (χ0) is 17.4. The minimum atomic E-state index is 0.0251. The van der Waals surface area contributed by atoms with Gasteiger partial charge in [-0.05, 0) is 62.7 Å². The van der Waals surface area contributed by atoms with Crippen LogP contribution < -0.4 is 10.6 Å². The molecule has 0 radical (unpaired) electrons. The molecular formula is C20H26N4O. The smallest absolute Gasteiger partial charge is 0.255 e. The van der Waals surface area contributed by atoms with Gasteiger partial charge in [0.2, 0.25) is 0 Å². The summed E-state index contributed by atoms with van der Waals surface area (Å²) in [7, 11) is 0. The van der Waals surface area contributed by atoms with E-state index in [1.165, 1.54) is 12.8 Å². The predicted molar refractivity (Wildman–Crippen MR) is 98.1 cm³/mol. The normalized spacial score (nSPS) is 21.3. The fourth-order valence-electron chi connectivity index (χ4n) is 4.18. The van der Waals surface area contributed by atoms with Gasteiger partial charge in [0.25, 0.3) is 5.91 Å². The molecule has 1 aromatic heterocycles. The van der Waals surface area contributed by atoms with Crippen molar-refractivity contribution in [2.75, 3.05) is 13.1 Å². The Morgan fingerprint density at radius 1 is 1.36 bits per heavy atom. The van der Waals surface area contributed by atoms with Crippen LogP contribution in [0.15, 0.2) is 30.5 Å². The molecule has 1 unspecified atom stereocenters. The number of rotatable bonds is 4. The van der Waals surface area contributed by atoms with Crippen molar-refractivity contribution in [2.45, 2.75) is 45.6 Å². The largest absolute Gasteiger partial charge is 0.349 e. The Labute approximate surface area is 148 Å². The number of carbonyl (C=O) groups excluding carboxylic acids is 1. The summed E-state index contributed by atoms with van der Waals surface area (Å²) < 4.78 is 1.91. The van der Waals surface area contributed by atoms with Crippen LogP contribution in [0.1, 0.15) is 47.8 Å². The summed E-state index contributed by atoms with van der Waals surface area (Å²) in [5.74, 6) is 0.0251. The molecule has 1 atom stereocenters. The number of aryl methyl sites for hydroxylation is 1. The van der Waals surface area contributed by atoms with E-state index in [-0.39, 0.29) is 5.91 Å². The van der Waals surface area contributed by atoms with Crippen molar-refractivity contribution in [3.63, 3.8) is 0 Å². The molecule has 2 N–H and O–H groups in total. The van der Waals surface area contributed by atoms with Gasteiger partial charge in [-0.15, -0.1) is 0 Å². The number of benzene rings is 1. The first-order valence-electron chi connectivity index (χ1n) is 9.29. The molecule has 1 saturated heterocycles. The van der Waals surface area contributed by atoms with Crippen LogP contribution in [0.25, 0.3) is 5.69 Å². The first-order chi connectivity index (χ1) is 12.1. The van der Waals surface area contributed by atoms with Crippen molar-refractivity contribution in [3.8, 4) is 5.69 Å². The molecule has 1 amide bonds. The summed E-state index contributed by atoms with van der Waals surface area (Å²) in [6.45, 7) is 6.28. The van der Waals surface area contributed by atoms with Gasteiger partial charge in [0, 0.05) is 6.04 Å². The van der Waals surface area contributed by atoms with E-state index < -0.39 is 0 Å². The van der Waals surface area contributed by atoms with Crippen LogP contribution in [-0.2, 0) is 6.42 Å². The average Bonchev–Trinajstić information content (AvgIpc) is 3.08. The number of piperidine rings is 1. The highest BCUT2D eigenvalue weighted by Crippen LogP contribution is 2.52. The molecule has 1 saturated carbocycles. The number of hydrogen-bond acceptors (Lipinski definition) is 3. The fraction of sp³-hybridized carbons (Fsp3) is 0.500. The molecule has 0 bridgehead atoms. The highest BCUT2D eigenvalue weighted by atomic mass is 16.1. The van der Waals surface area contributed by atoms with E-state index in [1.54, 1.807) is 6.20 Å².